The molecule has 0 aliphatic heterocycles. The van der Waals surface area contributed by atoms with Gasteiger partial charge in [-0.05, 0) is 62.7 Å². The predicted molar refractivity (Wildman–Crippen MR) is 159 cm³/mol. The molecule has 4 atom stereocenters. The number of allylic oxidation sites excluding steroid dienone is 2. The number of esters is 1. The Hall–Kier alpha value is -3.78. The molecule has 1 aliphatic rings. The molecule has 12 nitrogen and oxygen atoms in total. The second kappa shape index (κ2) is 21.0. The third-order valence-corrected chi connectivity index (χ3v) is 7.08. The Balaban J connectivity index is 1.55. The van der Waals surface area contributed by atoms with Crippen molar-refractivity contribution >= 4 is 12.1 Å². The third-order valence-electron chi connectivity index (χ3n) is 7.08. The van der Waals surface area contributed by atoms with Gasteiger partial charge in [0.05, 0.1) is 32.0 Å². The van der Waals surface area contributed by atoms with Gasteiger partial charge in [-0.2, -0.15) is 8.78 Å². The monoisotopic (exact) mass is 642 g/mol. The van der Waals surface area contributed by atoms with Crippen LogP contribution in [-0.2, 0) is 19.1 Å². The van der Waals surface area contributed by atoms with E-state index in [-0.39, 0.29) is 39.2 Å². The lowest BCUT2D eigenvalue weighted by atomic mass is 9.89. The van der Waals surface area contributed by atoms with Crippen molar-refractivity contribution in [2.45, 2.75) is 75.9 Å². The second-order valence-corrected chi connectivity index (χ2v) is 10.7. The van der Waals surface area contributed by atoms with Crippen molar-refractivity contribution < 1.29 is 52.7 Å². The lowest BCUT2D eigenvalue weighted by Crippen LogP contribution is -2.28. The number of nitrogens with one attached hydrogen (secondary N) is 1. The van der Waals surface area contributed by atoms with Gasteiger partial charge in [-0.15, -0.1) is 10.1 Å². The number of hydrogen-bond acceptors (Lipinski definition) is 10. The van der Waals surface area contributed by atoms with Crippen molar-refractivity contribution in [1.29, 1.82) is 0 Å². The molecule has 0 saturated heterocycles. The highest BCUT2D eigenvalue weighted by atomic mass is 19.3. The van der Waals surface area contributed by atoms with Crippen molar-refractivity contribution in [3.63, 3.8) is 0 Å². The molecule has 3 N–H and O–H groups in total. The zero-order valence-corrected chi connectivity index (χ0v) is 25.3. The van der Waals surface area contributed by atoms with Crippen LogP contribution in [0.25, 0.3) is 0 Å². The first kappa shape index (κ1) is 37.4. The van der Waals surface area contributed by atoms with Gasteiger partial charge in [-0.3, -0.25) is 4.79 Å². The van der Waals surface area contributed by atoms with E-state index in [0.29, 0.717) is 44.3 Å². The van der Waals surface area contributed by atoms with E-state index in [0.717, 1.165) is 12.5 Å². The molecule has 0 unspecified atom stereocenters. The van der Waals surface area contributed by atoms with Crippen molar-refractivity contribution in [1.82, 2.24) is 5.32 Å². The van der Waals surface area contributed by atoms with Crippen LogP contribution in [-0.4, -0.2) is 78.5 Å². The van der Waals surface area contributed by atoms with E-state index < -0.39 is 53.7 Å². The molecule has 1 aromatic carbocycles. The minimum absolute atomic E-state index is 0.00551. The van der Waals surface area contributed by atoms with Crippen LogP contribution in [0.4, 0.5) is 13.6 Å². The first-order valence-electron chi connectivity index (χ1n) is 15.2. The van der Waals surface area contributed by atoms with Crippen LogP contribution in [0.15, 0.2) is 54.6 Å². The van der Waals surface area contributed by atoms with E-state index in [2.05, 4.69) is 10.2 Å². The molecule has 0 bridgehead atoms. The largest absolute Gasteiger partial charge is 0.487 e. The number of halogens is 2. The fourth-order valence-electron chi connectivity index (χ4n) is 4.74. The number of nitrogens with zero attached hydrogens (tertiary/aromatic N) is 1. The summed E-state index contributed by atoms with van der Waals surface area (Å²) in [6, 6.07) is 8.29. The first-order valence-corrected chi connectivity index (χ1v) is 15.2. The fraction of sp³-hybridized carbons (Fsp3) is 0.613. The molecule has 1 fully saturated rings. The van der Waals surface area contributed by atoms with Gasteiger partial charge in [0.15, 0.2) is 6.61 Å². The van der Waals surface area contributed by atoms with Crippen LogP contribution in [0.3, 0.4) is 0 Å². The van der Waals surface area contributed by atoms with E-state index in [9.17, 15) is 38.7 Å². The normalized spacial score (nSPS) is 19.9. The third kappa shape index (κ3) is 16.8. The summed E-state index contributed by atoms with van der Waals surface area (Å²) in [4.78, 5) is 37.8. The van der Waals surface area contributed by atoms with Gasteiger partial charge in [-0.1, -0.05) is 42.8 Å². The molecule has 1 amide bonds. The minimum Gasteiger partial charge on any atom is -0.487 e. The molecule has 2 rings (SSSR count). The van der Waals surface area contributed by atoms with Crippen molar-refractivity contribution in [2.75, 3.05) is 33.0 Å². The van der Waals surface area contributed by atoms with Crippen LogP contribution < -0.4 is 10.1 Å². The summed E-state index contributed by atoms with van der Waals surface area (Å²) in [5, 5.41) is 32.4. The Morgan fingerprint density at radius 3 is 2.47 bits per heavy atom. The number of aliphatic hydroxyl groups is 2. The smallest absolute Gasteiger partial charge is 0.407 e. The molecule has 0 radical (unpaired) electrons. The average Bonchev–Trinajstić information content (AvgIpc) is 3.28. The zero-order chi connectivity index (χ0) is 32.9. The lowest BCUT2D eigenvalue weighted by molar-refractivity contribution is -0.757. The summed E-state index contributed by atoms with van der Waals surface area (Å²) in [6.07, 6.45) is 7.57. The summed E-state index contributed by atoms with van der Waals surface area (Å²) in [7, 11) is 0. The molecule has 1 saturated carbocycles. The number of hydrogen-bond donors (Lipinski definition) is 3. The summed E-state index contributed by atoms with van der Waals surface area (Å²) >= 11 is 0. The van der Waals surface area contributed by atoms with E-state index in [1.807, 2.05) is 12.2 Å². The number of alkyl halides is 2. The number of alkyl carbamates (subject to hydrolysis) is 1. The van der Waals surface area contributed by atoms with Crippen molar-refractivity contribution in [2.24, 2.45) is 11.8 Å². The maximum Gasteiger partial charge on any atom is 0.407 e. The number of ether oxygens (including phenoxy) is 3. The van der Waals surface area contributed by atoms with Crippen molar-refractivity contribution in [3.8, 4) is 5.75 Å². The van der Waals surface area contributed by atoms with E-state index >= 15 is 0 Å². The van der Waals surface area contributed by atoms with Crippen LogP contribution in [0.2, 0.25) is 0 Å². The Morgan fingerprint density at radius 1 is 1.00 bits per heavy atom. The standard InChI is InChI=1S/C31H44F2N2O10/c32-31(33,23-44-24-12-6-5-7-13-24)17-16-26-25(27(36)22-28(26)37)14-8-1-2-9-15-29(38)42-21-18-34-30(39)43-19-10-3-4-11-20-45-35(40)41/h1,5-8,12-13,16-17,25-28,36-37H,2-4,9-11,14-15,18-23H2,(H,34,39)/b8-1-,17-16+/t25-,26-,27+,28-/m1/s1. The summed E-state index contributed by atoms with van der Waals surface area (Å²) < 4.78 is 44.0. The molecular weight excluding hydrogens is 598 g/mol. The predicted octanol–water partition coefficient (Wildman–Crippen LogP) is 4.77. The summed E-state index contributed by atoms with van der Waals surface area (Å²) in [5.41, 5.74) is 0. The van der Waals surface area contributed by atoms with Gasteiger partial charge in [-0.25, -0.2) is 4.79 Å². The number of aliphatic hydroxyl groups excluding tert-OH is 2. The Labute approximate surface area is 261 Å². The molecule has 0 heterocycles. The van der Waals surface area contributed by atoms with Gasteiger partial charge < -0.3 is 34.6 Å². The van der Waals surface area contributed by atoms with Gasteiger partial charge in [0.1, 0.15) is 12.4 Å². The molecule has 0 aromatic heterocycles. The highest BCUT2D eigenvalue weighted by Gasteiger charge is 2.40. The Bertz CT molecular complexity index is 1070. The highest BCUT2D eigenvalue weighted by molar-refractivity contribution is 5.69. The van der Waals surface area contributed by atoms with Gasteiger partial charge in [0, 0.05) is 18.8 Å². The van der Waals surface area contributed by atoms with Crippen LogP contribution in [0.5, 0.6) is 5.75 Å². The average molecular weight is 643 g/mol. The Kier molecular flexibility index (Phi) is 17.5. The van der Waals surface area contributed by atoms with Gasteiger partial charge >= 0.3 is 12.1 Å². The molecule has 45 heavy (non-hydrogen) atoms. The maximum absolute atomic E-state index is 14.4. The zero-order valence-electron chi connectivity index (χ0n) is 25.3. The maximum atomic E-state index is 14.4. The van der Waals surface area contributed by atoms with Crippen LogP contribution in [0, 0.1) is 22.0 Å². The van der Waals surface area contributed by atoms with Crippen LogP contribution in [0.1, 0.15) is 57.8 Å². The quantitative estimate of drug-likeness (QED) is 0.0527. The SMILES string of the molecule is O=C(CCC/C=C\C[C@@H]1[C@@H](/C=C/C(F)(F)COc2ccccc2)[C@H](O)C[C@@H]1O)OCCNC(=O)OCCCCCCO[N+](=O)[O-]. The molecule has 0 spiro atoms. The Morgan fingerprint density at radius 2 is 1.73 bits per heavy atom. The number of rotatable bonds is 22. The molecular formula is C31H44F2N2O10. The number of benzene rings is 1. The van der Waals surface area contributed by atoms with Gasteiger partial charge in [0.2, 0.25) is 0 Å². The minimum atomic E-state index is -3.25. The molecule has 252 valence electrons. The molecule has 14 heteroatoms. The van der Waals surface area contributed by atoms with Crippen LogP contribution >= 0.6 is 0 Å². The molecule has 1 aliphatic carbocycles. The molecule has 1 aromatic rings. The number of carbonyl (C=O) groups is 2. The fourth-order valence-corrected chi connectivity index (χ4v) is 4.74. The number of unbranched alkanes of at least 4 members (excludes halogenated alkanes) is 4. The second-order valence-electron chi connectivity index (χ2n) is 10.7. The first-order chi connectivity index (χ1) is 21.6. The highest BCUT2D eigenvalue weighted by Crippen LogP contribution is 2.37. The van der Waals surface area contributed by atoms with E-state index in [1.54, 1.807) is 30.3 Å². The number of amides is 1. The number of carbonyl (C=O) groups excluding carboxylic acids is 2. The summed E-state index contributed by atoms with van der Waals surface area (Å²) in [5.74, 6) is -4.40. The topological polar surface area (TPSA) is 167 Å². The van der Waals surface area contributed by atoms with E-state index in [1.165, 1.54) is 6.08 Å². The number of para-hydroxylation sites is 1. The summed E-state index contributed by atoms with van der Waals surface area (Å²) in [6.45, 7) is -0.507. The lowest BCUT2D eigenvalue weighted by Gasteiger charge is -2.20. The van der Waals surface area contributed by atoms with E-state index in [4.69, 9.17) is 14.2 Å². The van der Waals surface area contributed by atoms with Crippen molar-refractivity contribution in [3.05, 3.63) is 64.8 Å². The van der Waals surface area contributed by atoms with Gasteiger partial charge in [0.25, 0.3) is 11.0 Å².